The van der Waals surface area contributed by atoms with Crippen molar-refractivity contribution in [3.63, 3.8) is 0 Å². The van der Waals surface area contributed by atoms with Gasteiger partial charge in [0.15, 0.2) is 17.3 Å². The van der Waals surface area contributed by atoms with Crippen LogP contribution in [-0.2, 0) is 0 Å². The Morgan fingerprint density at radius 3 is 2.08 bits per heavy atom. The third kappa shape index (κ3) is 3.19. The van der Waals surface area contributed by atoms with Crippen molar-refractivity contribution >= 4 is 29.1 Å². The first kappa shape index (κ1) is 24.3. The molecule has 7 rings (SSSR count). The predicted octanol–water partition coefficient (Wildman–Crippen LogP) is 6.59. The van der Waals surface area contributed by atoms with Crippen molar-refractivity contribution < 1.29 is 23.2 Å². The van der Waals surface area contributed by atoms with Gasteiger partial charge in [-0.2, -0.15) is 0 Å². The van der Waals surface area contributed by atoms with E-state index in [1.54, 1.807) is 66.7 Å². The van der Waals surface area contributed by atoms with E-state index in [4.69, 9.17) is 0 Å². The molecule has 0 N–H and O–H groups in total. The number of hydrogen-bond donors (Lipinski definition) is 0. The zero-order valence-electron chi connectivity index (χ0n) is 21.5. The van der Waals surface area contributed by atoms with E-state index >= 15 is 0 Å². The van der Waals surface area contributed by atoms with Crippen molar-refractivity contribution in [3.8, 4) is 0 Å². The summed E-state index contributed by atoms with van der Waals surface area (Å²) in [4.78, 5) is 45.4. The third-order valence-electron chi connectivity index (χ3n) is 8.60. The number of carbonyl (C=O) groups is 3. The maximum atomic E-state index is 14.5. The van der Waals surface area contributed by atoms with Crippen molar-refractivity contribution in [1.82, 2.24) is 0 Å². The lowest BCUT2D eigenvalue weighted by molar-refractivity contribution is 0.0666. The van der Waals surface area contributed by atoms with Gasteiger partial charge in [-0.1, -0.05) is 78.4 Å². The Labute approximate surface area is 229 Å². The van der Waals surface area contributed by atoms with Crippen molar-refractivity contribution in [2.75, 3.05) is 4.90 Å². The normalized spacial score (nSPS) is 21.9. The van der Waals surface area contributed by atoms with Crippen molar-refractivity contribution in [3.05, 3.63) is 142 Å². The molecule has 3 atom stereocenters. The van der Waals surface area contributed by atoms with E-state index in [0.717, 1.165) is 5.56 Å². The van der Waals surface area contributed by atoms with Gasteiger partial charge in [0.1, 0.15) is 23.1 Å². The van der Waals surface area contributed by atoms with Gasteiger partial charge in [0.05, 0.1) is 6.04 Å². The first-order chi connectivity index (χ1) is 19.3. The Morgan fingerprint density at radius 2 is 1.43 bits per heavy atom. The summed E-state index contributed by atoms with van der Waals surface area (Å²) in [6, 6.07) is 22.0. The Hall–Kier alpha value is -4.71. The average molecular weight is 532 g/mol. The fraction of sp³-hybridized carbons (Fsp3) is 0.147. The first-order valence-corrected chi connectivity index (χ1v) is 13.1. The van der Waals surface area contributed by atoms with Crippen LogP contribution >= 0.6 is 0 Å². The Bertz CT molecular complexity index is 1720. The summed E-state index contributed by atoms with van der Waals surface area (Å²) < 4.78 is 28.5. The van der Waals surface area contributed by atoms with Crippen molar-refractivity contribution in [2.24, 2.45) is 5.41 Å². The molecule has 4 aromatic carbocycles. The zero-order chi connectivity index (χ0) is 27.8. The lowest BCUT2D eigenvalue weighted by Crippen LogP contribution is -2.48. The second kappa shape index (κ2) is 8.65. The van der Waals surface area contributed by atoms with Crippen LogP contribution in [0.1, 0.15) is 53.7 Å². The number of carbonyl (C=O) groups excluding carboxylic acids is 3. The van der Waals surface area contributed by atoms with E-state index in [0.29, 0.717) is 33.5 Å². The van der Waals surface area contributed by atoms with E-state index in [1.165, 1.54) is 24.3 Å². The molecule has 0 unspecified atom stereocenters. The van der Waals surface area contributed by atoms with E-state index < -0.39 is 35.1 Å². The minimum Gasteiger partial charge on any atom is -0.352 e. The van der Waals surface area contributed by atoms with Crippen LogP contribution in [-0.4, -0.2) is 29.4 Å². The van der Waals surface area contributed by atoms with Gasteiger partial charge in [0, 0.05) is 33.9 Å². The maximum absolute atomic E-state index is 14.5. The smallest absolute Gasteiger partial charge is 0.185 e. The van der Waals surface area contributed by atoms with E-state index in [2.05, 4.69) is 0 Å². The van der Waals surface area contributed by atoms with Crippen LogP contribution in [0.25, 0.3) is 6.08 Å². The van der Waals surface area contributed by atoms with Crippen LogP contribution in [0.15, 0.2) is 97.1 Å². The summed E-state index contributed by atoms with van der Waals surface area (Å²) in [6.45, 7) is 1.92. The Kier molecular flexibility index (Phi) is 5.26. The summed E-state index contributed by atoms with van der Waals surface area (Å²) in [7, 11) is 0. The predicted molar refractivity (Wildman–Crippen MR) is 148 cm³/mol. The highest BCUT2D eigenvalue weighted by Gasteiger charge is 2.71. The molecule has 4 aromatic rings. The number of ketones is 3. The third-order valence-corrected chi connectivity index (χ3v) is 8.60. The molecule has 3 aliphatic rings. The van der Waals surface area contributed by atoms with Crippen LogP contribution < -0.4 is 4.90 Å². The van der Waals surface area contributed by atoms with Gasteiger partial charge in [-0.25, -0.2) is 8.78 Å². The number of hydrogen-bond acceptors (Lipinski definition) is 4. The molecule has 1 aliphatic carbocycles. The Morgan fingerprint density at radius 1 is 0.800 bits per heavy atom. The summed E-state index contributed by atoms with van der Waals surface area (Å²) in [5, 5.41) is 0. The van der Waals surface area contributed by atoms with Crippen LogP contribution in [0.3, 0.4) is 0 Å². The Balaban J connectivity index is 1.54. The minimum absolute atomic E-state index is 0.279. The summed E-state index contributed by atoms with van der Waals surface area (Å²) in [5.41, 5.74) is 1.94. The molecular formula is C34H23F2NO3. The number of Topliss-reactive ketones (excluding diaryl/α,β-unsaturated/α-hetero) is 3. The molecule has 2 aliphatic heterocycles. The topological polar surface area (TPSA) is 54.5 Å². The minimum atomic E-state index is -1.69. The second-order valence-corrected chi connectivity index (χ2v) is 10.7. The quantitative estimate of drug-likeness (QED) is 0.221. The van der Waals surface area contributed by atoms with Crippen molar-refractivity contribution in [1.29, 1.82) is 0 Å². The monoisotopic (exact) mass is 531 g/mol. The molecule has 40 heavy (non-hydrogen) atoms. The number of halogens is 2. The van der Waals surface area contributed by atoms with Gasteiger partial charge in [-0.3, -0.25) is 14.4 Å². The maximum Gasteiger partial charge on any atom is 0.185 e. The molecule has 1 saturated heterocycles. The van der Waals surface area contributed by atoms with Gasteiger partial charge < -0.3 is 4.90 Å². The number of anilines is 1. The number of rotatable bonds is 3. The molecular weight excluding hydrogens is 508 g/mol. The molecule has 0 radical (unpaired) electrons. The van der Waals surface area contributed by atoms with Gasteiger partial charge in [0.25, 0.3) is 0 Å². The molecule has 1 fully saturated rings. The lowest BCUT2D eigenvalue weighted by Gasteiger charge is -2.37. The standard InChI is InChI=1S/C34H23F2NO3/c1-19-6-8-21(9-7-19)31(38)30-29(20-10-13-23(35)14-11-20)34(32(39)25-4-2-3-5-26(25)33(34)40)28-17-12-22-18-24(36)15-16-27(22)37(28)30/h2-18,28-30H,1H3/t28-,29-,30-/m0/s1. The van der Waals surface area contributed by atoms with Gasteiger partial charge >= 0.3 is 0 Å². The van der Waals surface area contributed by atoms with E-state index in [9.17, 15) is 23.2 Å². The SMILES string of the molecule is Cc1ccc(C(=O)[C@@H]2[C@H](c3ccc(F)cc3)C3(C(=O)c4ccccc4C3=O)[C@@H]3C=Cc4cc(F)ccc4N23)cc1. The molecule has 196 valence electrons. The zero-order valence-corrected chi connectivity index (χ0v) is 21.5. The van der Waals surface area contributed by atoms with E-state index in [1.807, 2.05) is 24.0 Å². The van der Waals surface area contributed by atoms with Crippen LogP contribution in [0.4, 0.5) is 14.5 Å². The molecule has 4 nitrogen and oxygen atoms in total. The molecule has 0 saturated carbocycles. The number of fused-ring (bicyclic) bond motifs is 5. The first-order valence-electron chi connectivity index (χ1n) is 13.1. The molecule has 1 spiro atoms. The van der Waals surface area contributed by atoms with Gasteiger partial charge in [-0.15, -0.1) is 0 Å². The molecule has 6 heteroatoms. The fourth-order valence-corrected chi connectivity index (χ4v) is 6.88. The van der Waals surface area contributed by atoms with Crippen LogP contribution in [0.2, 0.25) is 0 Å². The van der Waals surface area contributed by atoms with Crippen molar-refractivity contribution in [2.45, 2.75) is 24.9 Å². The molecule has 0 amide bonds. The largest absolute Gasteiger partial charge is 0.352 e. The van der Waals surface area contributed by atoms with Crippen LogP contribution in [0, 0.1) is 24.0 Å². The van der Waals surface area contributed by atoms with Crippen LogP contribution in [0.5, 0.6) is 0 Å². The van der Waals surface area contributed by atoms with Gasteiger partial charge in [-0.05, 0) is 42.8 Å². The highest BCUT2D eigenvalue weighted by atomic mass is 19.1. The summed E-state index contributed by atoms with van der Waals surface area (Å²) in [6.07, 6.45) is 3.45. The highest BCUT2D eigenvalue weighted by molar-refractivity contribution is 6.32. The van der Waals surface area contributed by atoms with Gasteiger partial charge in [0.2, 0.25) is 0 Å². The molecule has 0 aromatic heterocycles. The lowest BCUT2D eigenvalue weighted by atomic mass is 9.64. The second-order valence-electron chi connectivity index (χ2n) is 10.7. The number of benzene rings is 4. The molecule has 2 heterocycles. The summed E-state index contributed by atoms with van der Waals surface area (Å²) >= 11 is 0. The number of aryl methyl sites for hydroxylation is 1. The average Bonchev–Trinajstić information content (AvgIpc) is 3.39. The van der Waals surface area contributed by atoms with E-state index in [-0.39, 0.29) is 17.3 Å². The summed E-state index contributed by atoms with van der Waals surface area (Å²) in [5.74, 6) is -2.87. The highest BCUT2D eigenvalue weighted by Crippen LogP contribution is 2.61. The number of nitrogens with zero attached hydrogens (tertiary/aromatic N) is 1. The fourth-order valence-electron chi connectivity index (χ4n) is 6.88. The molecule has 0 bridgehead atoms.